The molecular weight excluding hydrogens is 308 g/mol. The van der Waals surface area contributed by atoms with E-state index in [9.17, 15) is 4.79 Å². The van der Waals surface area contributed by atoms with E-state index < -0.39 is 0 Å². The summed E-state index contributed by atoms with van der Waals surface area (Å²) in [6, 6.07) is 7.63. The van der Waals surface area contributed by atoms with Crippen molar-refractivity contribution in [3.8, 4) is 5.75 Å². The molecule has 1 aromatic carbocycles. The first-order chi connectivity index (χ1) is 9.10. The molecule has 0 amide bonds. The molecule has 0 aliphatic heterocycles. The van der Waals surface area contributed by atoms with Crippen LogP contribution < -0.4 is 4.74 Å². The molecule has 0 saturated heterocycles. The maximum atomic E-state index is 11.8. The van der Waals surface area contributed by atoms with E-state index in [0.717, 1.165) is 16.6 Å². The largest absolute Gasteiger partial charge is 0.483 e. The maximum Gasteiger partial charge on any atom is 0.284 e. The Balaban J connectivity index is 2.01. The molecule has 0 saturated carbocycles. The van der Waals surface area contributed by atoms with Gasteiger partial charge in [0.25, 0.3) is 5.91 Å². The minimum atomic E-state index is -0.195. The number of benzene rings is 1. The van der Waals surface area contributed by atoms with Gasteiger partial charge in [0.15, 0.2) is 6.61 Å². The molecule has 100 valence electrons. The van der Waals surface area contributed by atoms with Crippen LogP contribution in [-0.2, 0) is 6.42 Å². The van der Waals surface area contributed by atoms with Crippen LogP contribution in [0.3, 0.4) is 0 Å². The number of hydrogen-bond donors (Lipinski definition) is 0. The Morgan fingerprint density at radius 1 is 1.42 bits per heavy atom. The number of aryl methyl sites for hydroxylation is 2. The zero-order valence-corrected chi connectivity index (χ0v) is 12.5. The normalized spacial score (nSPS) is 10.5. The Bertz CT molecular complexity index is 593. The molecule has 1 aromatic heterocycles. The van der Waals surface area contributed by atoms with Gasteiger partial charge in [-0.05, 0) is 53.0 Å². The molecule has 0 aliphatic carbocycles. The van der Waals surface area contributed by atoms with E-state index in [1.54, 1.807) is 12.3 Å². The lowest BCUT2D eigenvalue weighted by Gasteiger charge is -2.08. The highest BCUT2D eigenvalue weighted by atomic mass is 79.9. The molecule has 1 heterocycles. The molecule has 5 heteroatoms. The molecular formula is C14H15BrN2O2. The van der Waals surface area contributed by atoms with Crippen LogP contribution in [0.2, 0.25) is 0 Å². The zero-order valence-electron chi connectivity index (χ0n) is 10.9. The van der Waals surface area contributed by atoms with Crippen molar-refractivity contribution < 1.29 is 9.53 Å². The molecule has 0 bridgehead atoms. The van der Waals surface area contributed by atoms with Crippen LogP contribution in [0.1, 0.15) is 23.0 Å². The lowest BCUT2D eigenvalue weighted by atomic mass is 10.2. The molecule has 0 radical (unpaired) electrons. The first-order valence-electron chi connectivity index (χ1n) is 6.07. The van der Waals surface area contributed by atoms with Gasteiger partial charge in [-0.1, -0.05) is 13.0 Å². The maximum absolute atomic E-state index is 11.8. The Morgan fingerprint density at radius 2 is 2.21 bits per heavy atom. The van der Waals surface area contributed by atoms with E-state index in [1.165, 1.54) is 10.2 Å². The molecule has 4 nitrogen and oxygen atoms in total. The second-order valence-corrected chi connectivity index (χ2v) is 5.06. The topological polar surface area (TPSA) is 44.1 Å². The quantitative estimate of drug-likeness (QED) is 0.868. The molecule has 2 rings (SSSR count). The van der Waals surface area contributed by atoms with Gasteiger partial charge in [-0.25, -0.2) is 4.68 Å². The highest BCUT2D eigenvalue weighted by Gasteiger charge is 2.09. The third kappa shape index (κ3) is 3.44. The first-order valence-corrected chi connectivity index (χ1v) is 6.86. The summed E-state index contributed by atoms with van der Waals surface area (Å²) in [6.07, 6.45) is 2.60. The van der Waals surface area contributed by atoms with Gasteiger partial charge in [-0.15, -0.1) is 0 Å². The number of carbonyl (C=O) groups is 1. The Morgan fingerprint density at radius 3 is 2.79 bits per heavy atom. The molecule has 0 aliphatic rings. The van der Waals surface area contributed by atoms with E-state index in [2.05, 4.69) is 28.0 Å². The van der Waals surface area contributed by atoms with Gasteiger partial charge in [-0.3, -0.25) is 4.79 Å². The summed E-state index contributed by atoms with van der Waals surface area (Å²) in [5, 5.41) is 4.05. The monoisotopic (exact) mass is 322 g/mol. The number of nitrogens with zero attached hydrogens (tertiary/aromatic N) is 2. The molecule has 0 unspecified atom stereocenters. The van der Waals surface area contributed by atoms with Crippen molar-refractivity contribution in [3.63, 3.8) is 0 Å². The van der Waals surface area contributed by atoms with Gasteiger partial charge in [0.05, 0.1) is 10.2 Å². The number of rotatable bonds is 4. The van der Waals surface area contributed by atoms with Gasteiger partial charge < -0.3 is 4.74 Å². The van der Waals surface area contributed by atoms with Crippen LogP contribution >= 0.6 is 15.9 Å². The van der Waals surface area contributed by atoms with Crippen molar-refractivity contribution in [1.82, 2.24) is 9.78 Å². The lowest BCUT2D eigenvalue weighted by Crippen LogP contribution is -2.19. The number of carbonyl (C=O) groups excluding carboxylic acids is 1. The predicted molar refractivity (Wildman–Crippen MR) is 76.6 cm³/mol. The zero-order chi connectivity index (χ0) is 13.8. The Labute approximate surface area is 120 Å². The van der Waals surface area contributed by atoms with Crippen LogP contribution in [0, 0.1) is 6.92 Å². The number of ether oxygens (including phenoxy) is 1. The summed E-state index contributed by atoms with van der Waals surface area (Å²) < 4.78 is 7.66. The number of aromatic nitrogens is 2. The van der Waals surface area contributed by atoms with Gasteiger partial charge in [0.2, 0.25) is 0 Å². The molecule has 0 fully saturated rings. The Hall–Kier alpha value is -1.62. The first kappa shape index (κ1) is 13.8. The van der Waals surface area contributed by atoms with Crippen LogP contribution in [-0.4, -0.2) is 22.3 Å². The molecule has 0 spiro atoms. The fourth-order valence-electron chi connectivity index (χ4n) is 1.64. The van der Waals surface area contributed by atoms with Crippen LogP contribution in [0.15, 0.2) is 34.9 Å². The van der Waals surface area contributed by atoms with E-state index in [1.807, 2.05) is 25.1 Å². The summed E-state index contributed by atoms with van der Waals surface area (Å²) in [4.78, 5) is 11.8. The molecule has 19 heavy (non-hydrogen) atoms. The van der Waals surface area contributed by atoms with Crippen molar-refractivity contribution in [2.45, 2.75) is 20.3 Å². The number of halogens is 1. The van der Waals surface area contributed by atoms with Crippen molar-refractivity contribution in [2.75, 3.05) is 6.61 Å². The van der Waals surface area contributed by atoms with E-state index in [-0.39, 0.29) is 12.5 Å². The minimum Gasteiger partial charge on any atom is -0.483 e. The standard InChI is InChI=1S/C14H15BrN2O2/c1-3-11-4-5-13(12(15)8-11)19-9-14(18)17-7-6-10(2)16-17/h4-8H,3,9H2,1-2H3. The highest BCUT2D eigenvalue weighted by molar-refractivity contribution is 9.10. The highest BCUT2D eigenvalue weighted by Crippen LogP contribution is 2.26. The number of hydrogen-bond acceptors (Lipinski definition) is 3. The summed E-state index contributed by atoms with van der Waals surface area (Å²) in [5.74, 6) is 0.467. The lowest BCUT2D eigenvalue weighted by molar-refractivity contribution is 0.0820. The summed E-state index contributed by atoms with van der Waals surface area (Å²) >= 11 is 3.44. The fourth-order valence-corrected chi connectivity index (χ4v) is 2.18. The predicted octanol–water partition coefficient (Wildman–Crippen LogP) is 3.24. The van der Waals surface area contributed by atoms with Crippen LogP contribution in [0.5, 0.6) is 5.75 Å². The Kier molecular flexibility index (Phi) is 4.37. The summed E-state index contributed by atoms with van der Waals surface area (Å²) in [7, 11) is 0. The average molecular weight is 323 g/mol. The van der Waals surface area contributed by atoms with Crippen LogP contribution in [0.4, 0.5) is 0 Å². The van der Waals surface area contributed by atoms with Gasteiger partial charge in [0.1, 0.15) is 5.75 Å². The third-order valence-electron chi connectivity index (χ3n) is 2.73. The van der Waals surface area contributed by atoms with Crippen LogP contribution in [0.25, 0.3) is 0 Å². The third-order valence-corrected chi connectivity index (χ3v) is 3.35. The second kappa shape index (κ2) is 6.02. The van der Waals surface area contributed by atoms with Gasteiger partial charge in [0, 0.05) is 6.20 Å². The molecule has 0 atom stereocenters. The van der Waals surface area contributed by atoms with Gasteiger partial charge in [-0.2, -0.15) is 5.10 Å². The minimum absolute atomic E-state index is 0.0365. The van der Waals surface area contributed by atoms with Crippen molar-refractivity contribution >= 4 is 21.8 Å². The van der Waals surface area contributed by atoms with Crippen molar-refractivity contribution in [1.29, 1.82) is 0 Å². The van der Waals surface area contributed by atoms with E-state index in [0.29, 0.717) is 5.75 Å². The summed E-state index contributed by atoms with van der Waals surface area (Å²) in [6.45, 7) is 3.89. The fraction of sp³-hybridized carbons (Fsp3) is 0.286. The molecule has 0 N–H and O–H groups in total. The van der Waals surface area contributed by atoms with Crippen molar-refractivity contribution in [2.24, 2.45) is 0 Å². The SMILES string of the molecule is CCc1ccc(OCC(=O)n2ccc(C)n2)c(Br)c1. The average Bonchev–Trinajstić information content (AvgIpc) is 2.83. The van der Waals surface area contributed by atoms with Crippen molar-refractivity contribution in [3.05, 3.63) is 46.2 Å². The smallest absolute Gasteiger partial charge is 0.284 e. The molecule has 2 aromatic rings. The second-order valence-electron chi connectivity index (χ2n) is 4.20. The summed E-state index contributed by atoms with van der Waals surface area (Å²) in [5.41, 5.74) is 2.02. The van der Waals surface area contributed by atoms with Gasteiger partial charge >= 0.3 is 0 Å². The van der Waals surface area contributed by atoms with E-state index in [4.69, 9.17) is 4.74 Å². The van der Waals surface area contributed by atoms with E-state index >= 15 is 0 Å².